The van der Waals surface area contributed by atoms with Crippen molar-refractivity contribution in [3.63, 3.8) is 0 Å². The molecule has 0 aromatic carbocycles. The summed E-state index contributed by atoms with van der Waals surface area (Å²) in [7, 11) is 0. The third-order valence-electron chi connectivity index (χ3n) is 4.41. The Labute approximate surface area is 115 Å². The molecule has 0 aromatic heterocycles. The quantitative estimate of drug-likeness (QED) is 0.673. The smallest absolute Gasteiger partial charge is 0.00745 e. The van der Waals surface area contributed by atoms with Crippen molar-refractivity contribution >= 4 is 0 Å². The van der Waals surface area contributed by atoms with Crippen LogP contribution in [-0.2, 0) is 0 Å². The van der Waals surface area contributed by atoms with Crippen molar-refractivity contribution in [2.45, 2.75) is 91.6 Å². The molecule has 0 bridgehead atoms. The molecule has 0 unspecified atom stereocenters. The SMILES string of the molecule is CCC1CCC(NC(CC(C)C)CC(C)C)CC1. The van der Waals surface area contributed by atoms with Gasteiger partial charge in [0, 0.05) is 12.1 Å². The number of nitrogens with one attached hydrogen (secondary N) is 1. The average Bonchev–Trinajstić information content (AvgIpc) is 2.28. The molecule has 1 nitrogen and oxygen atoms in total. The molecule has 0 heterocycles. The lowest BCUT2D eigenvalue weighted by atomic mass is 9.83. The molecule has 1 aliphatic carbocycles. The van der Waals surface area contributed by atoms with Gasteiger partial charge in [0.05, 0.1) is 0 Å². The van der Waals surface area contributed by atoms with Gasteiger partial charge < -0.3 is 5.32 Å². The maximum atomic E-state index is 3.96. The Bertz CT molecular complexity index is 192. The Morgan fingerprint density at radius 2 is 1.39 bits per heavy atom. The van der Waals surface area contributed by atoms with Crippen LogP contribution in [-0.4, -0.2) is 12.1 Å². The Morgan fingerprint density at radius 3 is 1.78 bits per heavy atom. The number of rotatable bonds is 7. The van der Waals surface area contributed by atoms with Gasteiger partial charge in [-0.3, -0.25) is 0 Å². The minimum absolute atomic E-state index is 0.744. The molecular weight excluding hydrogens is 218 g/mol. The fraction of sp³-hybridized carbons (Fsp3) is 1.00. The van der Waals surface area contributed by atoms with Crippen LogP contribution in [0.15, 0.2) is 0 Å². The highest BCUT2D eigenvalue weighted by Crippen LogP contribution is 2.27. The fourth-order valence-corrected chi connectivity index (χ4v) is 3.44. The molecule has 0 aromatic rings. The van der Waals surface area contributed by atoms with Gasteiger partial charge in [0.15, 0.2) is 0 Å². The third kappa shape index (κ3) is 6.22. The number of hydrogen-bond acceptors (Lipinski definition) is 1. The zero-order chi connectivity index (χ0) is 13.5. The Kier molecular flexibility index (Phi) is 7.29. The largest absolute Gasteiger partial charge is 0.311 e. The second kappa shape index (κ2) is 8.19. The van der Waals surface area contributed by atoms with Crippen molar-refractivity contribution in [1.82, 2.24) is 5.32 Å². The first-order chi connectivity index (χ1) is 8.51. The lowest BCUT2D eigenvalue weighted by molar-refractivity contribution is 0.245. The molecular formula is C17H35N. The van der Waals surface area contributed by atoms with Gasteiger partial charge in [-0.05, 0) is 56.3 Å². The van der Waals surface area contributed by atoms with E-state index in [9.17, 15) is 0 Å². The van der Waals surface area contributed by atoms with Crippen LogP contribution in [0, 0.1) is 17.8 Å². The van der Waals surface area contributed by atoms with Crippen LogP contribution in [0.1, 0.15) is 79.6 Å². The molecule has 18 heavy (non-hydrogen) atoms. The van der Waals surface area contributed by atoms with Crippen LogP contribution in [0.25, 0.3) is 0 Å². The van der Waals surface area contributed by atoms with Gasteiger partial charge in [0.25, 0.3) is 0 Å². The van der Waals surface area contributed by atoms with Crippen LogP contribution < -0.4 is 5.32 Å². The van der Waals surface area contributed by atoms with Gasteiger partial charge in [-0.1, -0.05) is 41.0 Å². The molecule has 1 saturated carbocycles. The van der Waals surface area contributed by atoms with E-state index in [1.807, 2.05) is 0 Å². The van der Waals surface area contributed by atoms with E-state index in [-0.39, 0.29) is 0 Å². The van der Waals surface area contributed by atoms with E-state index in [0.29, 0.717) is 0 Å². The first kappa shape index (κ1) is 16.0. The van der Waals surface area contributed by atoms with Crippen molar-refractivity contribution in [2.24, 2.45) is 17.8 Å². The second-order valence-electron chi connectivity index (χ2n) is 7.25. The standard InChI is InChI=1S/C17H35N/c1-6-15-7-9-16(10-8-15)18-17(11-13(2)3)12-14(4)5/h13-18H,6-12H2,1-5H3. The Hall–Kier alpha value is -0.0400. The highest BCUT2D eigenvalue weighted by molar-refractivity contribution is 4.81. The molecule has 0 spiro atoms. The van der Waals surface area contributed by atoms with E-state index in [4.69, 9.17) is 0 Å². The third-order valence-corrected chi connectivity index (χ3v) is 4.41. The monoisotopic (exact) mass is 253 g/mol. The van der Waals surface area contributed by atoms with E-state index in [1.54, 1.807) is 0 Å². The summed E-state index contributed by atoms with van der Waals surface area (Å²) in [5, 5.41) is 3.96. The molecule has 108 valence electrons. The van der Waals surface area contributed by atoms with Gasteiger partial charge >= 0.3 is 0 Å². The van der Waals surface area contributed by atoms with Gasteiger partial charge in [0.2, 0.25) is 0 Å². The van der Waals surface area contributed by atoms with Crippen molar-refractivity contribution in [3.05, 3.63) is 0 Å². The normalized spacial score (nSPS) is 25.3. The maximum absolute atomic E-state index is 3.96. The number of hydrogen-bond donors (Lipinski definition) is 1. The summed E-state index contributed by atoms with van der Waals surface area (Å²) in [6.07, 6.45) is 9.77. The lowest BCUT2D eigenvalue weighted by Crippen LogP contribution is -2.41. The minimum Gasteiger partial charge on any atom is -0.311 e. The molecule has 1 aliphatic rings. The highest BCUT2D eigenvalue weighted by atomic mass is 15.0. The summed E-state index contributed by atoms with van der Waals surface area (Å²) >= 11 is 0. The van der Waals surface area contributed by atoms with Crippen molar-refractivity contribution in [3.8, 4) is 0 Å². The summed E-state index contributed by atoms with van der Waals surface area (Å²) in [4.78, 5) is 0. The van der Waals surface area contributed by atoms with Crippen molar-refractivity contribution in [1.29, 1.82) is 0 Å². The zero-order valence-electron chi connectivity index (χ0n) is 13.3. The molecule has 0 saturated heterocycles. The highest BCUT2D eigenvalue weighted by Gasteiger charge is 2.23. The van der Waals surface area contributed by atoms with E-state index >= 15 is 0 Å². The summed E-state index contributed by atoms with van der Waals surface area (Å²) in [5.74, 6) is 2.64. The molecule has 0 amide bonds. The summed E-state index contributed by atoms with van der Waals surface area (Å²) in [6.45, 7) is 11.7. The van der Waals surface area contributed by atoms with E-state index < -0.39 is 0 Å². The van der Waals surface area contributed by atoms with Crippen molar-refractivity contribution < 1.29 is 0 Å². The Morgan fingerprint density at radius 1 is 0.889 bits per heavy atom. The lowest BCUT2D eigenvalue weighted by Gasteiger charge is -2.33. The van der Waals surface area contributed by atoms with Crippen LogP contribution in [0.3, 0.4) is 0 Å². The molecule has 1 heteroatoms. The zero-order valence-corrected chi connectivity index (χ0v) is 13.3. The molecule has 1 rings (SSSR count). The molecule has 1 N–H and O–H groups in total. The van der Waals surface area contributed by atoms with Crippen LogP contribution in [0.5, 0.6) is 0 Å². The first-order valence-corrected chi connectivity index (χ1v) is 8.27. The van der Waals surface area contributed by atoms with Gasteiger partial charge in [-0.15, -0.1) is 0 Å². The van der Waals surface area contributed by atoms with Crippen LogP contribution in [0.4, 0.5) is 0 Å². The first-order valence-electron chi connectivity index (χ1n) is 8.27. The van der Waals surface area contributed by atoms with E-state index in [0.717, 1.165) is 29.8 Å². The molecule has 0 radical (unpaired) electrons. The Balaban J connectivity index is 2.36. The molecule has 0 aliphatic heterocycles. The van der Waals surface area contributed by atoms with Crippen LogP contribution >= 0.6 is 0 Å². The van der Waals surface area contributed by atoms with Crippen LogP contribution in [0.2, 0.25) is 0 Å². The maximum Gasteiger partial charge on any atom is 0.00745 e. The molecule has 0 atom stereocenters. The van der Waals surface area contributed by atoms with E-state index in [1.165, 1.54) is 44.9 Å². The van der Waals surface area contributed by atoms with Gasteiger partial charge in [0.1, 0.15) is 0 Å². The predicted octanol–water partition coefficient (Wildman–Crippen LogP) is 5.01. The van der Waals surface area contributed by atoms with Crippen molar-refractivity contribution in [2.75, 3.05) is 0 Å². The predicted molar refractivity (Wildman–Crippen MR) is 81.9 cm³/mol. The second-order valence-corrected chi connectivity index (χ2v) is 7.25. The average molecular weight is 253 g/mol. The summed E-state index contributed by atoms with van der Waals surface area (Å²) in [6, 6.07) is 1.54. The van der Waals surface area contributed by atoms with E-state index in [2.05, 4.69) is 39.9 Å². The fourth-order valence-electron chi connectivity index (χ4n) is 3.44. The molecule has 1 fully saturated rings. The summed E-state index contributed by atoms with van der Waals surface area (Å²) < 4.78 is 0. The minimum atomic E-state index is 0.744. The summed E-state index contributed by atoms with van der Waals surface area (Å²) in [5.41, 5.74) is 0. The van der Waals surface area contributed by atoms with Gasteiger partial charge in [-0.2, -0.15) is 0 Å². The topological polar surface area (TPSA) is 12.0 Å². The van der Waals surface area contributed by atoms with Gasteiger partial charge in [-0.25, -0.2) is 0 Å².